The third-order valence-electron chi connectivity index (χ3n) is 4.26. The van der Waals surface area contributed by atoms with E-state index in [9.17, 15) is 0 Å². The van der Waals surface area contributed by atoms with Crippen molar-refractivity contribution in [2.24, 2.45) is 18.2 Å². The number of nitrogens with two attached hydrogens (primary N) is 1. The molecule has 5 nitrogen and oxygen atoms in total. The number of aromatic nitrogens is 2. The topological polar surface area (TPSA) is 56.3 Å². The van der Waals surface area contributed by atoms with E-state index in [0.29, 0.717) is 6.04 Å². The monoisotopic (exact) mass is 302 g/mol. The summed E-state index contributed by atoms with van der Waals surface area (Å²) in [6, 6.07) is 0.292. The number of halogens is 1. The first-order valence-corrected chi connectivity index (χ1v) is 6.89. The summed E-state index contributed by atoms with van der Waals surface area (Å²) in [6.45, 7) is 9.49. The van der Waals surface area contributed by atoms with Gasteiger partial charge in [-0.15, -0.1) is 12.4 Å². The van der Waals surface area contributed by atoms with Crippen LogP contribution in [0.1, 0.15) is 31.5 Å². The molecular formula is C14H27ClN4O. The highest BCUT2D eigenvalue weighted by atomic mass is 35.5. The summed E-state index contributed by atoms with van der Waals surface area (Å²) in [5.41, 5.74) is 8.60. The quantitative estimate of drug-likeness (QED) is 0.924. The van der Waals surface area contributed by atoms with Gasteiger partial charge in [0, 0.05) is 32.7 Å². The molecule has 0 aliphatic carbocycles. The van der Waals surface area contributed by atoms with Gasteiger partial charge in [0.15, 0.2) is 0 Å². The molecule has 1 aliphatic rings. The average molecular weight is 303 g/mol. The standard InChI is InChI=1S/C14H26N4O.ClH/c1-10-11(13(19-5)17(4)16-10)8-18-7-6-12(15)14(2,3)9-18;/h12H,6-9,15H2,1-5H3;1H. The number of piperidine rings is 1. The number of hydrogen-bond acceptors (Lipinski definition) is 4. The van der Waals surface area contributed by atoms with E-state index in [0.717, 1.165) is 37.6 Å². The average Bonchev–Trinajstić information content (AvgIpc) is 2.58. The molecule has 1 aromatic heterocycles. The van der Waals surface area contributed by atoms with E-state index < -0.39 is 0 Å². The minimum absolute atomic E-state index is 0. The summed E-state index contributed by atoms with van der Waals surface area (Å²) in [4.78, 5) is 2.45. The molecule has 1 saturated heterocycles. The van der Waals surface area contributed by atoms with E-state index in [1.807, 2.05) is 18.7 Å². The maximum Gasteiger partial charge on any atom is 0.216 e. The minimum Gasteiger partial charge on any atom is -0.481 e. The molecular weight excluding hydrogens is 276 g/mol. The Morgan fingerprint density at radius 3 is 2.65 bits per heavy atom. The molecule has 0 saturated carbocycles. The highest BCUT2D eigenvalue weighted by molar-refractivity contribution is 5.85. The number of likely N-dealkylation sites (tertiary alicyclic amines) is 1. The first-order valence-electron chi connectivity index (χ1n) is 6.89. The predicted octanol–water partition coefficient (Wildman–Crippen LogP) is 1.72. The van der Waals surface area contributed by atoms with Crippen LogP contribution in [0.25, 0.3) is 0 Å². The molecule has 0 amide bonds. The van der Waals surface area contributed by atoms with Gasteiger partial charge in [-0.2, -0.15) is 5.10 Å². The molecule has 2 heterocycles. The van der Waals surface area contributed by atoms with Crippen LogP contribution in [0.4, 0.5) is 0 Å². The van der Waals surface area contributed by atoms with Gasteiger partial charge in [0.1, 0.15) is 0 Å². The lowest BCUT2D eigenvalue weighted by atomic mass is 9.79. The second kappa shape index (κ2) is 6.33. The van der Waals surface area contributed by atoms with Crippen LogP contribution in [0.3, 0.4) is 0 Å². The number of methoxy groups -OCH3 is 1. The van der Waals surface area contributed by atoms with Crippen molar-refractivity contribution >= 4 is 12.4 Å². The van der Waals surface area contributed by atoms with Crippen molar-refractivity contribution in [2.75, 3.05) is 20.2 Å². The Kier molecular flexibility index (Phi) is 5.46. The van der Waals surface area contributed by atoms with E-state index in [1.165, 1.54) is 5.56 Å². The maximum absolute atomic E-state index is 6.19. The van der Waals surface area contributed by atoms with E-state index in [2.05, 4.69) is 23.8 Å². The molecule has 20 heavy (non-hydrogen) atoms. The van der Waals surface area contributed by atoms with E-state index >= 15 is 0 Å². The maximum atomic E-state index is 6.19. The highest BCUT2D eigenvalue weighted by Gasteiger charge is 2.34. The van der Waals surface area contributed by atoms with Crippen molar-refractivity contribution in [3.05, 3.63) is 11.3 Å². The third-order valence-corrected chi connectivity index (χ3v) is 4.26. The van der Waals surface area contributed by atoms with Crippen LogP contribution in [0.2, 0.25) is 0 Å². The molecule has 116 valence electrons. The lowest BCUT2D eigenvalue weighted by molar-refractivity contribution is 0.0890. The first-order chi connectivity index (χ1) is 8.85. The Morgan fingerprint density at radius 1 is 1.45 bits per heavy atom. The molecule has 2 rings (SSSR count). The van der Waals surface area contributed by atoms with Gasteiger partial charge in [0.05, 0.1) is 18.4 Å². The van der Waals surface area contributed by atoms with Crippen LogP contribution in [0.5, 0.6) is 5.88 Å². The summed E-state index contributed by atoms with van der Waals surface area (Å²) >= 11 is 0. The summed E-state index contributed by atoms with van der Waals surface area (Å²) < 4.78 is 7.27. The second-order valence-corrected chi connectivity index (χ2v) is 6.29. The third kappa shape index (κ3) is 3.27. The molecule has 0 radical (unpaired) electrons. The zero-order valence-electron chi connectivity index (χ0n) is 13.1. The summed E-state index contributed by atoms with van der Waals surface area (Å²) in [5, 5.41) is 4.44. The van der Waals surface area contributed by atoms with E-state index in [1.54, 1.807) is 7.11 Å². The number of rotatable bonds is 3. The fourth-order valence-corrected chi connectivity index (χ4v) is 2.96. The van der Waals surface area contributed by atoms with Crippen molar-refractivity contribution in [1.29, 1.82) is 0 Å². The largest absolute Gasteiger partial charge is 0.481 e. The molecule has 6 heteroatoms. The second-order valence-electron chi connectivity index (χ2n) is 6.29. The molecule has 1 aromatic rings. The molecule has 0 bridgehead atoms. The summed E-state index contributed by atoms with van der Waals surface area (Å²) in [5.74, 6) is 0.866. The Balaban J connectivity index is 0.00000200. The number of nitrogens with zero attached hydrogens (tertiary/aromatic N) is 3. The molecule has 1 atom stereocenters. The highest BCUT2D eigenvalue weighted by Crippen LogP contribution is 2.30. The normalized spacial score (nSPS) is 22.4. The van der Waals surface area contributed by atoms with Gasteiger partial charge in [-0.05, 0) is 18.8 Å². The van der Waals surface area contributed by atoms with Gasteiger partial charge >= 0.3 is 0 Å². The lowest BCUT2D eigenvalue weighted by Crippen LogP contribution is -2.52. The zero-order valence-corrected chi connectivity index (χ0v) is 14.0. The number of aryl methyl sites for hydroxylation is 2. The lowest BCUT2D eigenvalue weighted by Gasteiger charge is -2.42. The fourth-order valence-electron chi connectivity index (χ4n) is 2.96. The van der Waals surface area contributed by atoms with Gasteiger partial charge in [-0.25, -0.2) is 4.68 Å². The Bertz CT molecular complexity index is 458. The molecule has 0 aromatic carbocycles. The van der Waals surface area contributed by atoms with Crippen molar-refractivity contribution < 1.29 is 4.74 Å². The number of ether oxygens (including phenoxy) is 1. The van der Waals surface area contributed by atoms with E-state index in [4.69, 9.17) is 10.5 Å². The van der Waals surface area contributed by atoms with E-state index in [-0.39, 0.29) is 17.8 Å². The predicted molar refractivity (Wildman–Crippen MR) is 83.4 cm³/mol. The summed E-state index contributed by atoms with van der Waals surface area (Å²) in [7, 11) is 3.63. The van der Waals surface area contributed by atoms with Crippen molar-refractivity contribution in [3.63, 3.8) is 0 Å². The van der Waals surface area contributed by atoms with Crippen LogP contribution in [0.15, 0.2) is 0 Å². The van der Waals surface area contributed by atoms with Gasteiger partial charge in [0.2, 0.25) is 5.88 Å². The molecule has 1 aliphatic heterocycles. The molecule has 1 unspecified atom stereocenters. The zero-order chi connectivity index (χ0) is 14.2. The van der Waals surface area contributed by atoms with Crippen LogP contribution in [-0.2, 0) is 13.6 Å². The van der Waals surface area contributed by atoms with Crippen LogP contribution < -0.4 is 10.5 Å². The smallest absolute Gasteiger partial charge is 0.216 e. The SMILES string of the molecule is COc1c(CN2CCC(N)C(C)(C)C2)c(C)nn1C.Cl. The number of hydrogen-bond donors (Lipinski definition) is 1. The van der Waals surface area contributed by atoms with Gasteiger partial charge in [-0.1, -0.05) is 13.8 Å². The first kappa shape index (κ1) is 17.3. The Morgan fingerprint density at radius 2 is 2.10 bits per heavy atom. The van der Waals surface area contributed by atoms with Crippen molar-refractivity contribution in [3.8, 4) is 5.88 Å². The van der Waals surface area contributed by atoms with Crippen LogP contribution >= 0.6 is 12.4 Å². The molecule has 1 fully saturated rings. The Labute approximate surface area is 127 Å². The summed E-state index contributed by atoms with van der Waals surface area (Å²) in [6.07, 6.45) is 1.05. The fraction of sp³-hybridized carbons (Fsp3) is 0.786. The van der Waals surface area contributed by atoms with Gasteiger partial charge in [-0.3, -0.25) is 4.90 Å². The molecule has 0 spiro atoms. The Hall–Kier alpha value is -0.780. The molecule has 2 N–H and O–H groups in total. The van der Waals surface area contributed by atoms with Gasteiger partial charge < -0.3 is 10.5 Å². The minimum atomic E-state index is 0. The van der Waals surface area contributed by atoms with Gasteiger partial charge in [0.25, 0.3) is 0 Å². The van der Waals surface area contributed by atoms with Crippen LogP contribution in [-0.4, -0.2) is 40.9 Å². The van der Waals surface area contributed by atoms with Crippen molar-refractivity contribution in [1.82, 2.24) is 14.7 Å². The van der Waals surface area contributed by atoms with Crippen LogP contribution in [0, 0.1) is 12.3 Å². The van der Waals surface area contributed by atoms with Crippen molar-refractivity contribution in [2.45, 2.75) is 39.8 Å².